The van der Waals surface area contributed by atoms with Gasteiger partial charge < -0.3 is 4.43 Å². The fourth-order valence-corrected chi connectivity index (χ4v) is 1.49. The van der Waals surface area contributed by atoms with Crippen LogP contribution in [0.5, 0.6) is 0 Å². The number of benzene rings is 1. The van der Waals surface area contributed by atoms with Gasteiger partial charge in [-0.25, -0.2) is 0 Å². The Labute approximate surface area is 76.0 Å². The summed E-state index contributed by atoms with van der Waals surface area (Å²) >= 11 is 0. The predicted molar refractivity (Wildman–Crippen MR) is 54.8 cm³/mol. The summed E-state index contributed by atoms with van der Waals surface area (Å²) < 4.78 is 5.03. The Morgan fingerprint density at radius 1 is 1.33 bits per heavy atom. The Hall–Kier alpha value is -0.863. The van der Waals surface area contributed by atoms with Crippen LogP contribution in [0.1, 0.15) is 5.56 Å². The molecule has 0 radical (unpaired) electrons. The number of allylic oxidation sites excluding steroid dienone is 1. The van der Waals surface area contributed by atoms with Crippen LogP contribution in [0.2, 0.25) is 0 Å². The second-order valence-electron chi connectivity index (χ2n) is 2.62. The van der Waals surface area contributed by atoms with Gasteiger partial charge in [0.25, 0.3) is 0 Å². The van der Waals surface area contributed by atoms with Crippen molar-refractivity contribution in [1.29, 1.82) is 0 Å². The molecule has 1 aromatic rings. The van der Waals surface area contributed by atoms with Crippen molar-refractivity contribution in [3.63, 3.8) is 0 Å². The van der Waals surface area contributed by atoms with E-state index in [9.17, 15) is 0 Å². The van der Waals surface area contributed by atoms with Gasteiger partial charge in [-0.1, -0.05) is 42.1 Å². The summed E-state index contributed by atoms with van der Waals surface area (Å²) in [5.74, 6) is 0. The van der Waals surface area contributed by atoms with Crippen molar-refractivity contribution in [2.24, 2.45) is 0 Å². The van der Waals surface area contributed by atoms with Crippen molar-refractivity contribution >= 4 is 9.76 Å². The van der Waals surface area contributed by atoms with Crippen molar-refractivity contribution in [2.45, 2.75) is 6.42 Å². The van der Waals surface area contributed by atoms with E-state index in [1.54, 1.807) is 7.11 Å². The average molecular weight is 178 g/mol. The van der Waals surface area contributed by atoms with Gasteiger partial charge in [0.1, 0.15) is 0 Å². The van der Waals surface area contributed by atoms with Gasteiger partial charge in [-0.2, -0.15) is 0 Å². The van der Waals surface area contributed by atoms with Gasteiger partial charge in [0, 0.05) is 7.11 Å². The maximum Gasteiger partial charge on any atom is 0.184 e. The van der Waals surface area contributed by atoms with E-state index < -0.39 is 0 Å². The van der Waals surface area contributed by atoms with Gasteiger partial charge in [-0.3, -0.25) is 0 Å². The molecule has 1 aromatic carbocycles. The molecule has 64 valence electrons. The molecule has 0 amide bonds. The van der Waals surface area contributed by atoms with Crippen LogP contribution in [0.3, 0.4) is 0 Å². The first-order valence-corrected chi connectivity index (χ1v) is 5.50. The minimum atomic E-state index is -0.375. The quantitative estimate of drug-likeness (QED) is 0.634. The molecule has 0 N–H and O–H groups in total. The van der Waals surface area contributed by atoms with Crippen molar-refractivity contribution in [3.8, 4) is 0 Å². The van der Waals surface area contributed by atoms with Gasteiger partial charge >= 0.3 is 0 Å². The van der Waals surface area contributed by atoms with Crippen LogP contribution in [-0.2, 0) is 10.8 Å². The van der Waals surface area contributed by atoms with Crippen LogP contribution in [0.25, 0.3) is 0 Å². The van der Waals surface area contributed by atoms with Gasteiger partial charge in [0.2, 0.25) is 0 Å². The van der Waals surface area contributed by atoms with Gasteiger partial charge in [-0.15, -0.1) is 0 Å². The molecule has 0 aliphatic rings. The van der Waals surface area contributed by atoms with E-state index in [0.29, 0.717) is 0 Å². The predicted octanol–water partition coefficient (Wildman–Crippen LogP) is 1.47. The lowest BCUT2D eigenvalue weighted by Crippen LogP contribution is -1.87. The third-order valence-corrected chi connectivity index (χ3v) is 2.49. The lowest BCUT2D eigenvalue weighted by molar-refractivity contribution is 0.449. The summed E-state index contributed by atoms with van der Waals surface area (Å²) in [6.45, 7) is 0. The molecule has 0 aromatic heterocycles. The molecule has 1 rings (SSSR count). The number of hydrogen-bond acceptors (Lipinski definition) is 1. The van der Waals surface area contributed by atoms with Crippen LogP contribution in [-0.4, -0.2) is 16.9 Å². The molecule has 12 heavy (non-hydrogen) atoms. The number of hydrogen-bond donors (Lipinski definition) is 0. The Morgan fingerprint density at radius 3 is 2.75 bits per heavy atom. The van der Waals surface area contributed by atoms with Crippen molar-refractivity contribution in [1.82, 2.24) is 0 Å². The van der Waals surface area contributed by atoms with E-state index in [1.165, 1.54) is 5.56 Å². The maximum atomic E-state index is 5.03. The summed E-state index contributed by atoms with van der Waals surface area (Å²) in [7, 11) is 1.39. The van der Waals surface area contributed by atoms with Crippen LogP contribution >= 0.6 is 0 Å². The monoisotopic (exact) mass is 178 g/mol. The zero-order valence-corrected chi connectivity index (χ0v) is 8.78. The summed E-state index contributed by atoms with van der Waals surface area (Å²) in [6, 6.07) is 10.4. The first-order valence-electron chi connectivity index (χ1n) is 4.11. The Kier molecular flexibility index (Phi) is 4.42. The van der Waals surface area contributed by atoms with E-state index in [4.69, 9.17) is 4.43 Å². The molecular weight excluding hydrogens is 164 g/mol. The van der Waals surface area contributed by atoms with Crippen molar-refractivity contribution in [2.75, 3.05) is 7.11 Å². The fourth-order valence-electron chi connectivity index (χ4n) is 0.998. The first-order chi connectivity index (χ1) is 5.93. The summed E-state index contributed by atoms with van der Waals surface area (Å²) in [5, 5.41) is 0. The normalized spacial score (nSPS) is 11.8. The molecule has 0 saturated carbocycles. The Balaban J connectivity index is 2.33. The minimum Gasteiger partial charge on any atom is -0.422 e. The van der Waals surface area contributed by atoms with E-state index in [-0.39, 0.29) is 9.76 Å². The maximum absolute atomic E-state index is 5.03. The average Bonchev–Trinajstić information content (AvgIpc) is 2.14. The zero-order chi connectivity index (χ0) is 8.65. The van der Waals surface area contributed by atoms with Crippen molar-refractivity contribution in [3.05, 3.63) is 47.7 Å². The summed E-state index contributed by atoms with van der Waals surface area (Å²) in [6.07, 6.45) is 3.21. The third-order valence-electron chi connectivity index (χ3n) is 1.63. The minimum absolute atomic E-state index is 0.375. The SMILES string of the molecule is CO[SiH2]C=CCc1ccccc1. The van der Waals surface area contributed by atoms with Crippen LogP contribution < -0.4 is 0 Å². The second kappa shape index (κ2) is 5.74. The largest absolute Gasteiger partial charge is 0.422 e. The fraction of sp³-hybridized carbons (Fsp3) is 0.200. The molecule has 2 heteroatoms. The lowest BCUT2D eigenvalue weighted by atomic mass is 10.2. The molecule has 0 unspecified atom stereocenters. The third kappa shape index (κ3) is 3.51. The standard InChI is InChI=1S/C10H14OSi/c1-11-12-9-5-8-10-6-3-2-4-7-10/h2-7,9H,8,12H2,1H3. The highest BCUT2D eigenvalue weighted by Gasteiger charge is 1.84. The number of rotatable bonds is 4. The summed E-state index contributed by atoms with van der Waals surface area (Å²) in [5.41, 5.74) is 3.53. The van der Waals surface area contributed by atoms with Gasteiger partial charge in [0.05, 0.1) is 0 Å². The van der Waals surface area contributed by atoms with Crippen LogP contribution in [0.4, 0.5) is 0 Å². The molecular formula is C10H14OSi. The molecule has 0 aliphatic carbocycles. The Morgan fingerprint density at radius 2 is 2.08 bits per heavy atom. The molecule has 0 fully saturated rings. The lowest BCUT2D eigenvalue weighted by Gasteiger charge is -1.93. The molecule has 1 nitrogen and oxygen atoms in total. The van der Waals surface area contributed by atoms with Gasteiger partial charge in [0.15, 0.2) is 9.76 Å². The summed E-state index contributed by atoms with van der Waals surface area (Å²) in [4.78, 5) is 0. The molecule has 0 saturated heterocycles. The van der Waals surface area contributed by atoms with E-state index in [0.717, 1.165) is 6.42 Å². The van der Waals surface area contributed by atoms with E-state index in [1.807, 2.05) is 6.07 Å². The van der Waals surface area contributed by atoms with Gasteiger partial charge in [-0.05, 0) is 12.0 Å². The smallest absolute Gasteiger partial charge is 0.184 e. The first kappa shape index (κ1) is 9.23. The highest BCUT2D eigenvalue weighted by molar-refractivity contribution is 6.34. The molecule has 0 atom stereocenters. The Bertz CT molecular complexity index is 231. The molecule has 0 spiro atoms. The molecule has 0 heterocycles. The van der Waals surface area contributed by atoms with Crippen molar-refractivity contribution < 1.29 is 4.43 Å². The van der Waals surface area contributed by atoms with Crippen LogP contribution in [0.15, 0.2) is 42.1 Å². The highest BCUT2D eigenvalue weighted by atomic mass is 28.2. The molecule has 0 aliphatic heterocycles. The van der Waals surface area contributed by atoms with E-state index >= 15 is 0 Å². The molecule has 0 bridgehead atoms. The van der Waals surface area contributed by atoms with Crippen LogP contribution in [0, 0.1) is 0 Å². The van der Waals surface area contributed by atoms with E-state index in [2.05, 4.69) is 36.0 Å². The second-order valence-corrected chi connectivity index (χ2v) is 4.00. The highest BCUT2D eigenvalue weighted by Crippen LogP contribution is 1.99. The zero-order valence-electron chi connectivity index (χ0n) is 7.36. The topological polar surface area (TPSA) is 9.23 Å².